The van der Waals surface area contributed by atoms with Crippen molar-refractivity contribution in [2.24, 2.45) is 0 Å². The van der Waals surface area contributed by atoms with Gasteiger partial charge in [-0.05, 0) is 97.2 Å². The second-order valence-corrected chi connectivity index (χ2v) is 13.4. The molecule has 1 unspecified atom stereocenters. The van der Waals surface area contributed by atoms with E-state index in [4.69, 9.17) is 9.40 Å². The van der Waals surface area contributed by atoms with Crippen LogP contribution in [0.15, 0.2) is 102 Å². The lowest BCUT2D eigenvalue weighted by Crippen LogP contribution is -2.39. The van der Waals surface area contributed by atoms with E-state index in [1.165, 1.54) is 5.56 Å². The lowest BCUT2D eigenvalue weighted by Gasteiger charge is -2.33. The largest absolute Gasteiger partial charge is 0.467 e. The molecule has 258 valence electrons. The zero-order valence-corrected chi connectivity index (χ0v) is 28.4. The Bertz CT molecular complexity index is 2030. The molecule has 6 aromatic rings. The third-order valence-corrected chi connectivity index (χ3v) is 10.4. The average molecular weight is 674 g/mol. The number of anilines is 1. The summed E-state index contributed by atoms with van der Waals surface area (Å²) in [5.74, 6) is 1.99. The summed E-state index contributed by atoms with van der Waals surface area (Å²) in [4.78, 5) is 26.3. The number of likely N-dealkylation sites (tertiary alicyclic amines) is 1. The molecule has 0 spiro atoms. The maximum Gasteiger partial charge on any atom is 0.254 e. The SMILES string of the molecule is Cc1ccc(-n2cnnn2)cc1C(=O)N1CCC(CCN2CCCN(c3nc4ccccc4n3Cc3ccco3)CC2)(c2ccccc2)C1.O. The number of carbonyl (C=O) groups is 1. The van der Waals surface area contributed by atoms with Crippen LogP contribution in [0.2, 0.25) is 0 Å². The van der Waals surface area contributed by atoms with E-state index in [0.717, 1.165) is 92.5 Å². The number of imidazole rings is 1. The second-order valence-electron chi connectivity index (χ2n) is 13.4. The number of tetrazole rings is 1. The van der Waals surface area contributed by atoms with Gasteiger partial charge in [0.2, 0.25) is 5.95 Å². The van der Waals surface area contributed by atoms with Crippen LogP contribution < -0.4 is 4.90 Å². The van der Waals surface area contributed by atoms with Crippen molar-refractivity contribution in [3.8, 4) is 5.69 Å². The molecule has 12 heteroatoms. The predicted molar refractivity (Wildman–Crippen MR) is 192 cm³/mol. The van der Waals surface area contributed by atoms with Crippen molar-refractivity contribution in [3.63, 3.8) is 0 Å². The molecule has 2 saturated heterocycles. The lowest BCUT2D eigenvalue weighted by atomic mass is 9.76. The highest BCUT2D eigenvalue weighted by Gasteiger charge is 2.42. The number of furan rings is 1. The molecule has 5 heterocycles. The van der Waals surface area contributed by atoms with Crippen molar-refractivity contribution < 1.29 is 14.7 Å². The Morgan fingerprint density at radius 1 is 0.920 bits per heavy atom. The van der Waals surface area contributed by atoms with Gasteiger partial charge in [-0.2, -0.15) is 0 Å². The topological polar surface area (TPSA) is 133 Å². The molecule has 2 aliphatic rings. The van der Waals surface area contributed by atoms with Gasteiger partial charge in [-0.15, -0.1) is 5.10 Å². The number of amides is 1. The first-order valence-electron chi connectivity index (χ1n) is 17.2. The molecule has 1 atom stereocenters. The monoisotopic (exact) mass is 673 g/mol. The number of hydrogen-bond acceptors (Lipinski definition) is 8. The van der Waals surface area contributed by atoms with Gasteiger partial charge in [-0.3, -0.25) is 4.79 Å². The van der Waals surface area contributed by atoms with E-state index in [2.05, 4.69) is 84.5 Å². The molecule has 1 amide bonds. The minimum absolute atomic E-state index is 0. The first kappa shape index (κ1) is 33.2. The number of benzene rings is 3. The van der Waals surface area contributed by atoms with Gasteiger partial charge in [-0.25, -0.2) is 9.67 Å². The Morgan fingerprint density at radius 2 is 1.78 bits per heavy atom. The minimum Gasteiger partial charge on any atom is -0.467 e. The van der Waals surface area contributed by atoms with Gasteiger partial charge in [0.1, 0.15) is 12.1 Å². The van der Waals surface area contributed by atoms with Gasteiger partial charge in [0, 0.05) is 43.7 Å². The predicted octanol–water partition coefficient (Wildman–Crippen LogP) is 4.52. The third-order valence-electron chi connectivity index (χ3n) is 10.4. The van der Waals surface area contributed by atoms with Crippen molar-refractivity contribution in [2.75, 3.05) is 50.7 Å². The highest BCUT2D eigenvalue weighted by molar-refractivity contribution is 5.96. The average Bonchev–Trinajstić information content (AvgIpc) is 3.96. The zero-order chi connectivity index (χ0) is 33.2. The van der Waals surface area contributed by atoms with E-state index in [1.54, 1.807) is 17.3 Å². The number of aromatic nitrogens is 6. The van der Waals surface area contributed by atoms with Crippen LogP contribution >= 0.6 is 0 Å². The summed E-state index contributed by atoms with van der Waals surface area (Å²) in [6, 6.07) is 29.0. The number of aryl methyl sites for hydroxylation is 1. The highest BCUT2D eigenvalue weighted by atomic mass is 16.3. The van der Waals surface area contributed by atoms with Gasteiger partial charge >= 0.3 is 0 Å². The second kappa shape index (κ2) is 14.3. The highest BCUT2D eigenvalue weighted by Crippen LogP contribution is 2.39. The quantitative estimate of drug-likeness (QED) is 0.219. The van der Waals surface area contributed by atoms with E-state index in [9.17, 15) is 4.79 Å². The molecule has 8 rings (SSSR count). The van der Waals surface area contributed by atoms with Crippen molar-refractivity contribution in [3.05, 3.63) is 120 Å². The summed E-state index contributed by atoms with van der Waals surface area (Å²) in [5, 5.41) is 11.5. The molecule has 0 saturated carbocycles. The molecule has 2 fully saturated rings. The van der Waals surface area contributed by atoms with E-state index >= 15 is 0 Å². The van der Waals surface area contributed by atoms with E-state index < -0.39 is 0 Å². The van der Waals surface area contributed by atoms with Crippen LogP contribution in [0.25, 0.3) is 16.7 Å². The number of carbonyl (C=O) groups excluding carboxylic acids is 1. The summed E-state index contributed by atoms with van der Waals surface area (Å²) >= 11 is 0. The molecule has 2 N–H and O–H groups in total. The molecule has 0 radical (unpaired) electrons. The minimum atomic E-state index is -0.110. The molecule has 0 aliphatic carbocycles. The fourth-order valence-corrected chi connectivity index (χ4v) is 7.64. The van der Waals surface area contributed by atoms with E-state index in [-0.39, 0.29) is 16.8 Å². The molecular weight excluding hydrogens is 630 g/mol. The molecule has 12 nitrogen and oxygen atoms in total. The first-order chi connectivity index (χ1) is 24.1. The summed E-state index contributed by atoms with van der Waals surface area (Å²) in [7, 11) is 0. The van der Waals surface area contributed by atoms with Gasteiger partial charge in [0.25, 0.3) is 5.91 Å². The molecule has 2 aliphatic heterocycles. The Kier molecular flexibility index (Phi) is 9.46. The van der Waals surface area contributed by atoms with Crippen molar-refractivity contribution in [2.45, 2.75) is 38.1 Å². The lowest BCUT2D eigenvalue weighted by molar-refractivity contribution is 0.0780. The molecular formula is C38H43N9O3. The molecule has 50 heavy (non-hydrogen) atoms. The first-order valence-corrected chi connectivity index (χ1v) is 17.2. The van der Waals surface area contributed by atoms with Crippen LogP contribution in [0.1, 0.15) is 46.5 Å². The van der Waals surface area contributed by atoms with Crippen molar-refractivity contribution >= 4 is 22.9 Å². The van der Waals surface area contributed by atoms with Gasteiger partial charge in [0.15, 0.2) is 0 Å². The maximum absolute atomic E-state index is 14.1. The number of hydrogen-bond donors (Lipinski definition) is 0. The molecule has 3 aromatic heterocycles. The van der Waals surface area contributed by atoms with Gasteiger partial charge in [-0.1, -0.05) is 48.5 Å². The van der Waals surface area contributed by atoms with Crippen LogP contribution in [0.3, 0.4) is 0 Å². The Labute approximate surface area is 291 Å². The Balaban J connectivity index is 0.00000392. The number of rotatable bonds is 9. The van der Waals surface area contributed by atoms with Crippen LogP contribution in [0.4, 0.5) is 5.95 Å². The van der Waals surface area contributed by atoms with Crippen LogP contribution in [-0.2, 0) is 12.0 Å². The third kappa shape index (κ3) is 6.51. The van der Waals surface area contributed by atoms with Crippen LogP contribution in [0, 0.1) is 6.92 Å². The zero-order valence-electron chi connectivity index (χ0n) is 28.4. The van der Waals surface area contributed by atoms with Crippen LogP contribution in [0.5, 0.6) is 0 Å². The van der Waals surface area contributed by atoms with Crippen molar-refractivity contribution in [1.82, 2.24) is 39.6 Å². The van der Waals surface area contributed by atoms with E-state index in [1.807, 2.05) is 42.2 Å². The number of nitrogens with zero attached hydrogens (tertiary/aromatic N) is 9. The van der Waals surface area contributed by atoms with Gasteiger partial charge < -0.3 is 29.2 Å². The maximum atomic E-state index is 14.1. The number of para-hydroxylation sites is 2. The smallest absolute Gasteiger partial charge is 0.254 e. The molecule has 0 bridgehead atoms. The van der Waals surface area contributed by atoms with Crippen LogP contribution in [-0.4, -0.2) is 96.8 Å². The fraction of sp³-hybridized carbons (Fsp3) is 0.342. The molecule has 3 aromatic carbocycles. The Morgan fingerprint density at radius 3 is 2.60 bits per heavy atom. The fourth-order valence-electron chi connectivity index (χ4n) is 7.64. The standard InChI is InChI=1S/C38H41N9O2.H2O/c1-29-14-15-31(47-28-39-41-42-47)25-33(29)36(48)45-21-17-38(27-45,30-9-3-2-4-10-30)16-20-43-18-8-19-44(23-22-43)37-40-34-12-5-6-13-35(34)46(37)26-32-11-7-24-49-32;/h2-7,9-15,24-25,28H,8,16-23,26-27H2,1H3;1H2. The summed E-state index contributed by atoms with van der Waals surface area (Å²) in [6.45, 7) is 8.89. The summed E-state index contributed by atoms with van der Waals surface area (Å²) < 4.78 is 9.61. The van der Waals surface area contributed by atoms with E-state index in [0.29, 0.717) is 18.7 Å². The Hall–Kier alpha value is -5.33. The normalized spacial score (nSPS) is 18.3. The van der Waals surface area contributed by atoms with Crippen molar-refractivity contribution in [1.29, 1.82) is 0 Å². The summed E-state index contributed by atoms with van der Waals surface area (Å²) in [5.41, 5.74) is 5.76. The summed E-state index contributed by atoms with van der Waals surface area (Å²) in [6.07, 6.45) is 6.27. The number of fused-ring (bicyclic) bond motifs is 1. The van der Waals surface area contributed by atoms with Gasteiger partial charge in [0.05, 0.1) is 29.5 Å².